The molecule has 0 saturated carbocycles. The molecule has 0 atom stereocenters. The number of nitrogens with zero attached hydrogens (tertiary/aromatic N) is 4. The largest absolute Gasteiger partial charge is 0.399 e. The van der Waals surface area contributed by atoms with E-state index in [9.17, 15) is 0 Å². The molecular formula is C8H7Cl2N5S. The van der Waals surface area contributed by atoms with Crippen LogP contribution in [-0.4, -0.2) is 20.2 Å². The van der Waals surface area contributed by atoms with Gasteiger partial charge in [0.05, 0.1) is 14.9 Å². The highest BCUT2D eigenvalue weighted by molar-refractivity contribution is 7.99. The van der Waals surface area contributed by atoms with Gasteiger partial charge in [-0.1, -0.05) is 23.2 Å². The van der Waals surface area contributed by atoms with E-state index in [1.807, 2.05) is 0 Å². The molecule has 0 amide bonds. The summed E-state index contributed by atoms with van der Waals surface area (Å²) in [6, 6.07) is 3.28. The molecule has 2 N–H and O–H groups in total. The Morgan fingerprint density at radius 2 is 1.94 bits per heavy atom. The van der Waals surface area contributed by atoms with Gasteiger partial charge < -0.3 is 5.73 Å². The van der Waals surface area contributed by atoms with Gasteiger partial charge >= 0.3 is 0 Å². The van der Waals surface area contributed by atoms with Crippen LogP contribution in [0.3, 0.4) is 0 Å². The summed E-state index contributed by atoms with van der Waals surface area (Å²) in [7, 11) is 1.74. The normalized spacial score (nSPS) is 10.7. The minimum Gasteiger partial charge on any atom is -0.399 e. The first-order valence-electron chi connectivity index (χ1n) is 4.22. The Hall–Kier alpha value is -0.980. The van der Waals surface area contributed by atoms with Crippen LogP contribution in [0.1, 0.15) is 0 Å². The lowest BCUT2D eigenvalue weighted by Crippen LogP contribution is -1.93. The lowest BCUT2D eigenvalue weighted by atomic mass is 10.3. The van der Waals surface area contributed by atoms with Gasteiger partial charge in [0.25, 0.3) is 0 Å². The predicted molar refractivity (Wildman–Crippen MR) is 63.8 cm³/mol. The van der Waals surface area contributed by atoms with Crippen molar-refractivity contribution >= 4 is 40.7 Å². The van der Waals surface area contributed by atoms with Crippen LogP contribution in [-0.2, 0) is 7.05 Å². The van der Waals surface area contributed by atoms with E-state index in [1.165, 1.54) is 16.4 Å². The highest BCUT2D eigenvalue weighted by Crippen LogP contribution is 2.38. The molecule has 1 aromatic carbocycles. The van der Waals surface area contributed by atoms with E-state index in [-0.39, 0.29) is 0 Å². The van der Waals surface area contributed by atoms with Crippen LogP contribution in [0.5, 0.6) is 0 Å². The van der Waals surface area contributed by atoms with Crippen molar-refractivity contribution in [3.8, 4) is 0 Å². The molecule has 2 rings (SSSR count). The minimum absolute atomic E-state index is 0.484. The fourth-order valence-corrected chi connectivity index (χ4v) is 2.55. The summed E-state index contributed by atoms with van der Waals surface area (Å²) in [5.41, 5.74) is 6.13. The smallest absolute Gasteiger partial charge is 0.213 e. The summed E-state index contributed by atoms with van der Waals surface area (Å²) < 4.78 is 1.54. The molecule has 0 unspecified atom stereocenters. The van der Waals surface area contributed by atoms with Crippen LogP contribution in [0, 0.1) is 0 Å². The van der Waals surface area contributed by atoms with Gasteiger partial charge in [-0.15, -0.1) is 5.10 Å². The number of hydrogen-bond acceptors (Lipinski definition) is 5. The van der Waals surface area contributed by atoms with Gasteiger partial charge in [0.2, 0.25) is 5.16 Å². The van der Waals surface area contributed by atoms with E-state index in [2.05, 4.69) is 15.5 Å². The number of rotatable bonds is 2. The van der Waals surface area contributed by atoms with Crippen molar-refractivity contribution in [3.05, 3.63) is 22.2 Å². The van der Waals surface area contributed by atoms with Crippen molar-refractivity contribution in [2.45, 2.75) is 10.1 Å². The van der Waals surface area contributed by atoms with Gasteiger partial charge in [-0.05, 0) is 34.3 Å². The zero-order valence-corrected chi connectivity index (χ0v) is 10.5. The van der Waals surface area contributed by atoms with Gasteiger partial charge in [0.1, 0.15) is 0 Å². The van der Waals surface area contributed by atoms with Crippen LogP contribution in [0.15, 0.2) is 22.2 Å². The molecule has 0 spiro atoms. The summed E-state index contributed by atoms with van der Waals surface area (Å²) in [4.78, 5) is 0.690. The number of anilines is 1. The first kappa shape index (κ1) is 11.5. The van der Waals surface area contributed by atoms with E-state index in [4.69, 9.17) is 28.9 Å². The Kier molecular flexibility index (Phi) is 3.22. The molecule has 2 aromatic rings. The first-order valence-corrected chi connectivity index (χ1v) is 5.80. The number of nitrogens with two attached hydrogens (primary N) is 1. The monoisotopic (exact) mass is 275 g/mol. The molecule has 0 radical (unpaired) electrons. The first-order chi connectivity index (χ1) is 7.58. The van der Waals surface area contributed by atoms with Crippen molar-refractivity contribution in [1.82, 2.24) is 20.2 Å². The van der Waals surface area contributed by atoms with Crippen LogP contribution in [0.2, 0.25) is 10.0 Å². The second kappa shape index (κ2) is 4.48. The van der Waals surface area contributed by atoms with Crippen molar-refractivity contribution in [1.29, 1.82) is 0 Å². The maximum Gasteiger partial charge on any atom is 0.213 e. The predicted octanol–water partition coefficient (Wildman–Crippen LogP) is 2.25. The summed E-state index contributed by atoms with van der Waals surface area (Å²) in [5, 5.41) is 12.6. The van der Waals surface area contributed by atoms with Crippen LogP contribution in [0.4, 0.5) is 5.69 Å². The topological polar surface area (TPSA) is 69.6 Å². The lowest BCUT2D eigenvalue weighted by Gasteiger charge is -2.06. The second-order valence-corrected chi connectivity index (χ2v) is 4.79. The Morgan fingerprint density at radius 1 is 1.31 bits per heavy atom. The summed E-state index contributed by atoms with van der Waals surface area (Å²) in [5.74, 6) is 0. The van der Waals surface area contributed by atoms with Crippen molar-refractivity contribution < 1.29 is 0 Å². The maximum absolute atomic E-state index is 6.04. The number of halogens is 2. The molecule has 5 nitrogen and oxygen atoms in total. The molecule has 0 aliphatic heterocycles. The third kappa shape index (κ3) is 2.23. The van der Waals surface area contributed by atoms with Crippen molar-refractivity contribution in [2.75, 3.05) is 5.73 Å². The van der Waals surface area contributed by atoms with E-state index >= 15 is 0 Å². The third-order valence-electron chi connectivity index (χ3n) is 1.80. The van der Waals surface area contributed by atoms with Gasteiger partial charge in [0.15, 0.2) is 0 Å². The zero-order valence-electron chi connectivity index (χ0n) is 8.19. The Morgan fingerprint density at radius 3 is 2.44 bits per heavy atom. The molecule has 84 valence electrons. The van der Waals surface area contributed by atoms with E-state index < -0.39 is 0 Å². The quantitative estimate of drug-likeness (QED) is 0.852. The molecule has 0 aliphatic rings. The fourth-order valence-electron chi connectivity index (χ4n) is 1.08. The fraction of sp³-hybridized carbons (Fsp3) is 0.125. The Balaban J connectivity index is 2.39. The van der Waals surface area contributed by atoms with Crippen molar-refractivity contribution in [2.24, 2.45) is 7.05 Å². The standard InChI is InChI=1S/C8H7Cl2N5S/c1-15-8(12-13-14-15)16-7-5(9)2-4(11)3-6(7)10/h2-3H,11H2,1H3. The summed E-state index contributed by atoms with van der Waals surface area (Å²) in [6.45, 7) is 0. The highest BCUT2D eigenvalue weighted by Gasteiger charge is 2.12. The Bertz CT molecular complexity index is 504. The molecule has 0 saturated heterocycles. The maximum atomic E-state index is 6.04. The number of benzene rings is 1. The summed E-state index contributed by atoms with van der Waals surface area (Å²) in [6.07, 6.45) is 0. The summed E-state index contributed by atoms with van der Waals surface area (Å²) >= 11 is 13.4. The molecule has 1 heterocycles. The average molecular weight is 276 g/mol. The zero-order chi connectivity index (χ0) is 11.7. The van der Waals surface area contributed by atoms with Gasteiger partial charge in [-0.25, -0.2) is 4.68 Å². The molecule has 0 bridgehead atoms. The second-order valence-electron chi connectivity index (χ2n) is 3.00. The van der Waals surface area contributed by atoms with Gasteiger partial charge in [0, 0.05) is 12.7 Å². The van der Waals surface area contributed by atoms with E-state index in [0.29, 0.717) is 25.8 Å². The number of aromatic nitrogens is 4. The third-order valence-corrected chi connectivity index (χ3v) is 3.79. The van der Waals surface area contributed by atoms with E-state index in [0.717, 1.165) is 0 Å². The Labute approximate surface area is 106 Å². The molecule has 8 heteroatoms. The number of aryl methyl sites for hydroxylation is 1. The lowest BCUT2D eigenvalue weighted by molar-refractivity contribution is 0.664. The SMILES string of the molecule is Cn1nnnc1Sc1c(Cl)cc(N)cc1Cl. The molecule has 1 aromatic heterocycles. The molecule has 0 fully saturated rings. The van der Waals surface area contributed by atoms with Crippen LogP contribution < -0.4 is 5.73 Å². The van der Waals surface area contributed by atoms with E-state index in [1.54, 1.807) is 19.2 Å². The number of nitrogen functional groups attached to an aromatic ring is 1. The van der Waals surface area contributed by atoms with Crippen LogP contribution >= 0.6 is 35.0 Å². The molecule has 16 heavy (non-hydrogen) atoms. The highest BCUT2D eigenvalue weighted by atomic mass is 35.5. The van der Waals surface area contributed by atoms with Crippen molar-refractivity contribution in [3.63, 3.8) is 0 Å². The molecule has 0 aliphatic carbocycles. The minimum atomic E-state index is 0.484. The van der Waals surface area contributed by atoms with Gasteiger partial charge in [-0.2, -0.15) is 0 Å². The average Bonchev–Trinajstić information content (AvgIpc) is 2.57. The molecular weight excluding hydrogens is 269 g/mol. The number of tetrazole rings is 1. The van der Waals surface area contributed by atoms with Gasteiger partial charge in [-0.3, -0.25) is 0 Å². The number of hydrogen-bond donors (Lipinski definition) is 1. The van der Waals surface area contributed by atoms with Crippen LogP contribution in [0.25, 0.3) is 0 Å².